The Morgan fingerprint density at radius 2 is 1.83 bits per heavy atom. The Kier molecular flexibility index (Phi) is 10.7. The van der Waals surface area contributed by atoms with Gasteiger partial charge in [-0.05, 0) is 54.2 Å². The Labute approximate surface area is 245 Å². The van der Waals surface area contributed by atoms with Crippen LogP contribution in [0.25, 0.3) is 11.0 Å². The summed E-state index contributed by atoms with van der Waals surface area (Å²) in [6.45, 7) is 12.8. The number of carbonyl (C=O) groups excluding carboxylic acids is 2. The van der Waals surface area contributed by atoms with Gasteiger partial charge in [-0.2, -0.15) is 9.97 Å². The molecular weight excluding hydrogens is 550 g/mol. The minimum Gasteiger partial charge on any atom is -0.480 e. The van der Waals surface area contributed by atoms with Crippen LogP contribution in [-0.4, -0.2) is 76.0 Å². The van der Waals surface area contributed by atoms with Crippen molar-refractivity contribution in [2.24, 2.45) is 0 Å². The van der Waals surface area contributed by atoms with Crippen molar-refractivity contribution in [3.05, 3.63) is 11.8 Å². The van der Waals surface area contributed by atoms with Gasteiger partial charge in [0.2, 0.25) is 11.8 Å². The molecule has 1 aliphatic heterocycles. The van der Waals surface area contributed by atoms with E-state index < -0.39 is 29.6 Å². The number of fused-ring (bicyclic) bond motifs is 1. The third-order valence-corrected chi connectivity index (χ3v) is 6.05. The molecule has 1 aliphatic rings. The predicted molar refractivity (Wildman–Crippen MR) is 157 cm³/mol. The fourth-order valence-corrected chi connectivity index (χ4v) is 4.47. The highest BCUT2D eigenvalue weighted by Crippen LogP contribution is 2.38. The van der Waals surface area contributed by atoms with Crippen LogP contribution in [0.4, 0.5) is 15.5 Å². The standard InChI is InChI=1S/C28H41N5O7S/c1-10-18-19(37-16-41-9)14-20(38-18)33-15-17(12-11-13-29-25(34)39-27(2,3)4)21-22(33)30-24(31-23(21)36-8)32-26(35)40-28(5,6)7/h15,18-20H,10,13-14,16H2,1-9H3,(H,29,34)(H,30,31,32,35)/t18-,19-,20-/m1/s1. The highest BCUT2D eigenvalue weighted by molar-refractivity contribution is 7.98. The maximum atomic E-state index is 12.5. The molecule has 3 heterocycles. The monoisotopic (exact) mass is 591 g/mol. The maximum absolute atomic E-state index is 12.5. The minimum absolute atomic E-state index is 0.00859. The van der Waals surface area contributed by atoms with E-state index in [0.29, 0.717) is 29.0 Å². The van der Waals surface area contributed by atoms with Crippen LogP contribution < -0.4 is 15.4 Å². The van der Waals surface area contributed by atoms with E-state index in [2.05, 4.69) is 39.4 Å². The maximum Gasteiger partial charge on any atom is 0.414 e. The number of hydrogen-bond acceptors (Lipinski definition) is 10. The van der Waals surface area contributed by atoms with Crippen LogP contribution in [0.5, 0.6) is 5.88 Å². The molecular formula is C28H41N5O7S. The van der Waals surface area contributed by atoms with Gasteiger partial charge < -0.3 is 33.6 Å². The summed E-state index contributed by atoms with van der Waals surface area (Å²) >= 11 is 1.61. The number of rotatable bonds is 8. The van der Waals surface area contributed by atoms with Gasteiger partial charge in [0.1, 0.15) is 17.4 Å². The second-order valence-electron chi connectivity index (χ2n) is 11.4. The zero-order chi connectivity index (χ0) is 30.4. The first-order valence-electron chi connectivity index (χ1n) is 13.4. The molecule has 13 heteroatoms. The number of carbonyl (C=O) groups is 2. The zero-order valence-electron chi connectivity index (χ0n) is 25.2. The van der Waals surface area contributed by atoms with E-state index in [4.69, 9.17) is 23.7 Å². The van der Waals surface area contributed by atoms with Gasteiger partial charge in [-0.1, -0.05) is 18.8 Å². The molecule has 12 nitrogen and oxygen atoms in total. The van der Waals surface area contributed by atoms with Gasteiger partial charge in [-0.25, -0.2) is 9.59 Å². The number of alkyl carbamates (subject to hydrolysis) is 1. The van der Waals surface area contributed by atoms with Crippen LogP contribution >= 0.6 is 11.8 Å². The Morgan fingerprint density at radius 1 is 1.15 bits per heavy atom. The van der Waals surface area contributed by atoms with Crippen LogP contribution in [0.2, 0.25) is 0 Å². The fourth-order valence-electron chi connectivity index (χ4n) is 4.16. The molecule has 2 N–H and O–H groups in total. The summed E-state index contributed by atoms with van der Waals surface area (Å²) in [5.41, 5.74) is -0.294. The Balaban J connectivity index is 2.00. The number of amides is 2. The second-order valence-corrected chi connectivity index (χ2v) is 12.2. The van der Waals surface area contributed by atoms with E-state index in [9.17, 15) is 9.59 Å². The SMILES string of the molecule is CC[C@H]1O[C@@H](n2cc(C#CCNC(=O)OC(C)(C)C)c3c(OC)nc(NC(=O)OC(C)(C)C)nc32)C[C@H]1OCSC. The van der Waals surface area contributed by atoms with E-state index in [1.54, 1.807) is 53.3 Å². The van der Waals surface area contributed by atoms with E-state index >= 15 is 0 Å². The van der Waals surface area contributed by atoms with Gasteiger partial charge >= 0.3 is 12.2 Å². The molecule has 0 aromatic carbocycles. The first-order valence-corrected chi connectivity index (χ1v) is 14.8. The number of methoxy groups -OCH3 is 1. The average molecular weight is 592 g/mol. The van der Waals surface area contributed by atoms with Gasteiger partial charge in [0, 0.05) is 12.6 Å². The lowest BCUT2D eigenvalue weighted by Gasteiger charge is -2.19. The predicted octanol–water partition coefficient (Wildman–Crippen LogP) is 5.07. The zero-order valence-corrected chi connectivity index (χ0v) is 26.1. The summed E-state index contributed by atoms with van der Waals surface area (Å²) < 4.78 is 30.5. The van der Waals surface area contributed by atoms with Gasteiger partial charge in [0.25, 0.3) is 0 Å². The number of nitrogens with zero attached hydrogens (tertiary/aromatic N) is 3. The van der Waals surface area contributed by atoms with Gasteiger partial charge in [-0.3, -0.25) is 5.32 Å². The van der Waals surface area contributed by atoms with Crippen molar-refractivity contribution in [2.75, 3.05) is 31.2 Å². The molecule has 1 saturated heterocycles. The van der Waals surface area contributed by atoms with Crippen LogP contribution in [0.1, 0.15) is 73.1 Å². The molecule has 1 fully saturated rings. The molecule has 2 aromatic rings. The largest absolute Gasteiger partial charge is 0.480 e. The van der Waals surface area contributed by atoms with Crippen LogP contribution in [0, 0.1) is 11.8 Å². The van der Waals surface area contributed by atoms with Gasteiger partial charge in [0.15, 0.2) is 5.65 Å². The van der Waals surface area contributed by atoms with Crippen molar-refractivity contribution in [1.82, 2.24) is 19.9 Å². The quantitative estimate of drug-likeness (QED) is 0.317. The first kappa shape index (κ1) is 32.3. The summed E-state index contributed by atoms with van der Waals surface area (Å²) in [7, 11) is 1.48. The number of nitrogens with one attached hydrogen (secondary N) is 2. The van der Waals surface area contributed by atoms with Gasteiger partial charge in [-0.15, -0.1) is 11.8 Å². The third-order valence-electron chi connectivity index (χ3n) is 5.68. The van der Waals surface area contributed by atoms with Crippen molar-refractivity contribution in [1.29, 1.82) is 0 Å². The molecule has 0 spiro atoms. The van der Waals surface area contributed by atoms with E-state index in [1.807, 2.05) is 17.0 Å². The Bertz CT molecular complexity index is 1290. The molecule has 2 amide bonds. The fraction of sp³-hybridized carbons (Fsp3) is 0.643. The van der Waals surface area contributed by atoms with Crippen LogP contribution in [-0.2, 0) is 18.9 Å². The molecule has 0 radical (unpaired) electrons. The van der Waals surface area contributed by atoms with E-state index in [-0.39, 0.29) is 30.6 Å². The van der Waals surface area contributed by atoms with Crippen molar-refractivity contribution in [3.63, 3.8) is 0 Å². The summed E-state index contributed by atoms with van der Waals surface area (Å²) in [5.74, 6) is 6.82. The molecule has 0 aliphatic carbocycles. The van der Waals surface area contributed by atoms with E-state index in [0.717, 1.165) is 6.42 Å². The minimum atomic E-state index is -0.701. The first-order chi connectivity index (χ1) is 19.2. The number of anilines is 1. The Hall–Kier alpha value is -3.21. The smallest absolute Gasteiger partial charge is 0.414 e. The number of ether oxygens (including phenoxy) is 5. The van der Waals surface area contributed by atoms with Crippen molar-refractivity contribution in [3.8, 4) is 17.7 Å². The Morgan fingerprint density at radius 3 is 2.44 bits per heavy atom. The summed E-state index contributed by atoms with van der Waals surface area (Å²) in [4.78, 5) is 33.5. The second kappa shape index (κ2) is 13.6. The summed E-state index contributed by atoms with van der Waals surface area (Å²) in [6, 6.07) is 0. The number of aromatic nitrogens is 3. The molecule has 3 rings (SSSR count). The third kappa shape index (κ3) is 9.14. The van der Waals surface area contributed by atoms with Crippen LogP contribution in [0.3, 0.4) is 0 Å². The summed E-state index contributed by atoms with van der Waals surface area (Å²) in [5, 5.41) is 5.76. The van der Waals surface area contributed by atoms with Crippen molar-refractivity contribution < 1.29 is 33.3 Å². The van der Waals surface area contributed by atoms with Crippen molar-refractivity contribution in [2.45, 2.75) is 90.9 Å². The molecule has 3 atom stereocenters. The normalized spacial score (nSPS) is 18.9. The summed E-state index contributed by atoms with van der Waals surface area (Å²) in [6.07, 6.45) is 3.32. The topological polar surface area (TPSA) is 135 Å². The van der Waals surface area contributed by atoms with E-state index in [1.165, 1.54) is 7.11 Å². The molecule has 41 heavy (non-hydrogen) atoms. The molecule has 0 saturated carbocycles. The highest BCUT2D eigenvalue weighted by atomic mass is 32.2. The van der Waals surface area contributed by atoms with Crippen molar-refractivity contribution >= 4 is 40.9 Å². The molecule has 226 valence electrons. The average Bonchev–Trinajstić information content (AvgIpc) is 3.43. The lowest BCUT2D eigenvalue weighted by Crippen LogP contribution is -2.32. The molecule has 2 aromatic heterocycles. The lowest BCUT2D eigenvalue weighted by molar-refractivity contribution is -0.0296. The van der Waals surface area contributed by atoms with Crippen LogP contribution in [0.15, 0.2) is 6.20 Å². The molecule has 0 bridgehead atoms. The number of hydrogen-bond donors (Lipinski definition) is 2. The number of thioether (sulfide) groups is 1. The highest BCUT2D eigenvalue weighted by Gasteiger charge is 2.37. The lowest BCUT2D eigenvalue weighted by atomic mass is 10.1. The molecule has 0 unspecified atom stereocenters. The van der Waals surface area contributed by atoms with Gasteiger partial charge in [0.05, 0.1) is 42.8 Å².